The van der Waals surface area contributed by atoms with Crippen LogP contribution < -0.4 is 5.73 Å². The third kappa shape index (κ3) is 2.83. The van der Waals surface area contributed by atoms with E-state index >= 15 is 0 Å². The Hall–Kier alpha value is -2.14. The average Bonchev–Trinajstić information content (AvgIpc) is 3.01. The molecule has 1 aromatic heterocycles. The first kappa shape index (κ1) is 13.8. The van der Waals surface area contributed by atoms with E-state index in [1.54, 1.807) is 10.9 Å². The SMILES string of the molecule is C[C@@H]1C[C@@H](N)CCN1C(=O)c1cccc(-n2cccn2)c1. The molecule has 2 N–H and O–H groups in total. The summed E-state index contributed by atoms with van der Waals surface area (Å²) in [5.74, 6) is 0.0726. The molecule has 1 fully saturated rings. The summed E-state index contributed by atoms with van der Waals surface area (Å²) < 4.78 is 1.76. The number of amides is 1. The van der Waals surface area contributed by atoms with Gasteiger partial charge in [0.1, 0.15) is 0 Å². The van der Waals surface area contributed by atoms with Crippen LogP contribution in [0.2, 0.25) is 0 Å². The summed E-state index contributed by atoms with van der Waals surface area (Å²) in [4.78, 5) is 14.6. The number of carbonyl (C=O) groups excluding carboxylic acids is 1. The van der Waals surface area contributed by atoms with Crippen LogP contribution in [-0.2, 0) is 0 Å². The van der Waals surface area contributed by atoms with E-state index in [1.807, 2.05) is 41.4 Å². The van der Waals surface area contributed by atoms with E-state index in [1.165, 1.54) is 0 Å². The summed E-state index contributed by atoms with van der Waals surface area (Å²) in [6, 6.07) is 9.84. The van der Waals surface area contributed by atoms with Gasteiger partial charge >= 0.3 is 0 Å². The number of hydrogen-bond acceptors (Lipinski definition) is 3. The fourth-order valence-corrected chi connectivity index (χ4v) is 2.88. The first-order valence-electron chi connectivity index (χ1n) is 7.32. The van der Waals surface area contributed by atoms with E-state index in [2.05, 4.69) is 12.0 Å². The van der Waals surface area contributed by atoms with Crippen LogP contribution in [0.3, 0.4) is 0 Å². The average molecular weight is 284 g/mol. The molecule has 1 aliphatic rings. The smallest absolute Gasteiger partial charge is 0.254 e. The highest BCUT2D eigenvalue weighted by molar-refractivity contribution is 5.95. The molecule has 0 aliphatic carbocycles. The van der Waals surface area contributed by atoms with Crippen molar-refractivity contribution >= 4 is 5.91 Å². The number of carbonyl (C=O) groups is 1. The summed E-state index contributed by atoms with van der Waals surface area (Å²) in [5.41, 5.74) is 7.56. The largest absolute Gasteiger partial charge is 0.336 e. The Balaban J connectivity index is 1.83. The third-order valence-electron chi connectivity index (χ3n) is 4.04. The molecule has 1 saturated heterocycles. The molecule has 0 radical (unpaired) electrons. The number of likely N-dealkylation sites (tertiary alicyclic amines) is 1. The van der Waals surface area contributed by atoms with Gasteiger partial charge < -0.3 is 10.6 Å². The van der Waals surface area contributed by atoms with Crippen LogP contribution >= 0.6 is 0 Å². The van der Waals surface area contributed by atoms with Crippen LogP contribution in [0, 0.1) is 0 Å². The van der Waals surface area contributed by atoms with Gasteiger partial charge in [0.25, 0.3) is 5.91 Å². The van der Waals surface area contributed by atoms with E-state index in [4.69, 9.17) is 5.73 Å². The minimum Gasteiger partial charge on any atom is -0.336 e. The number of nitrogens with two attached hydrogens (primary N) is 1. The van der Waals surface area contributed by atoms with Gasteiger partial charge in [0.05, 0.1) is 5.69 Å². The monoisotopic (exact) mass is 284 g/mol. The number of rotatable bonds is 2. The van der Waals surface area contributed by atoms with Crippen molar-refractivity contribution in [2.24, 2.45) is 5.73 Å². The Morgan fingerprint density at radius 2 is 2.24 bits per heavy atom. The molecule has 3 rings (SSSR count). The van der Waals surface area contributed by atoms with Crippen molar-refractivity contribution in [1.29, 1.82) is 0 Å². The topological polar surface area (TPSA) is 64.2 Å². The van der Waals surface area contributed by atoms with E-state index in [9.17, 15) is 4.79 Å². The van der Waals surface area contributed by atoms with Gasteiger partial charge in [-0.2, -0.15) is 5.10 Å². The quantitative estimate of drug-likeness (QED) is 0.915. The molecule has 5 heteroatoms. The van der Waals surface area contributed by atoms with Crippen molar-refractivity contribution in [2.45, 2.75) is 31.8 Å². The predicted molar refractivity (Wildman–Crippen MR) is 81.3 cm³/mol. The van der Waals surface area contributed by atoms with E-state index in [-0.39, 0.29) is 18.0 Å². The summed E-state index contributed by atoms with van der Waals surface area (Å²) in [6.07, 6.45) is 5.33. The standard InChI is InChI=1S/C16H20N4O/c1-12-10-14(17)6-9-19(12)16(21)13-4-2-5-15(11-13)20-8-3-7-18-20/h2-5,7-8,11-12,14H,6,9-10,17H2,1H3/t12-,14+/m1/s1. The van der Waals surface area contributed by atoms with Gasteiger partial charge in [0, 0.05) is 36.6 Å². The second-order valence-corrected chi connectivity index (χ2v) is 5.63. The zero-order chi connectivity index (χ0) is 14.8. The van der Waals surface area contributed by atoms with Gasteiger partial charge in [0.15, 0.2) is 0 Å². The zero-order valence-corrected chi connectivity index (χ0v) is 12.1. The lowest BCUT2D eigenvalue weighted by Gasteiger charge is -2.36. The highest BCUT2D eigenvalue weighted by Gasteiger charge is 2.27. The Bertz CT molecular complexity index is 623. The molecule has 110 valence electrons. The summed E-state index contributed by atoms with van der Waals surface area (Å²) in [7, 11) is 0. The predicted octanol–water partition coefficient (Wildman–Crippen LogP) is 1.82. The molecule has 1 aromatic carbocycles. The van der Waals surface area contributed by atoms with Crippen LogP contribution in [-0.4, -0.2) is 39.2 Å². The van der Waals surface area contributed by atoms with E-state index in [0.717, 1.165) is 25.1 Å². The second-order valence-electron chi connectivity index (χ2n) is 5.63. The fourth-order valence-electron chi connectivity index (χ4n) is 2.88. The molecule has 0 bridgehead atoms. The summed E-state index contributed by atoms with van der Waals surface area (Å²) in [5, 5.41) is 4.20. The van der Waals surface area contributed by atoms with Crippen LogP contribution in [0.15, 0.2) is 42.7 Å². The van der Waals surface area contributed by atoms with Gasteiger partial charge in [0.2, 0.25) is 0 Å². The van der Waals surface area contributed by atoms with Crippen LogP contribution in [0.4, 0.5) is 0 Å². The molecule has 21 heavy (non-hydrogen) atoms. The van der Waals surface area contributed by atoms with Crippen LogP contribution in [0.5, 0.6) is 0 Å². The van der Waals surface area contributed by atoms with Crippen molar-refractivity contribution in [1.82, 2.24) is 14.7 Å². The number of benzene rings is 1. The third-order valence-corrected chi connectivity index (χ3v) is 4.04. The molecule has 0 saturated carbocycles. The Kier molecular flexibility index (Phi) is 3.75. The Morgan fingerprint density at radius 1 is 1.38 bits per heavy atom. The van der Waals surface area contributed by atoms with Gasteiger partial charge in [-0.1, -0.05) is 6.07 Å². The fraction of sp³-hybridized carbons (Fsp3) is 0.375. The van der Waals surface area contributed by atoms with Gasteiger partial charge in [-0.05, 0) is 44.0 Å². The first-order valence-corrected chi connectivity index (χ1v) is 7.32. The molecule has 1 aliphatic heterocycles. The number of hydrogen-bond donors (Lipinski definition) is 1. The van der Waals surface area contributed by atoms with Crippen molar-refractivity contribution in [3.05, 3.63) is 48.3 Å². The maximum atomic E-state index is 12.7. The molecular weight excluding hydrogens is 264 g/mol. The number of nitrogens with zero attached hydrogens (tertiary/aromatic N) is 3. The van der Waals surface area contributed by atoms with Crippen molar-refractivity contribution in [3.8, 4) is 5.69 Å². The number of piperidine rings is 1. The van der Waals surface area contributed by atoms with E-state index in [0.29, 0.717) is 5.56 Å². The van der Waals surface area contributed by atoms with Crippen molar-refractivity contribution in [3.63, 3.8) is 0 Å². The second kappa shape index (κ2) is 5.69. The first-order chi connectivity index (χ1) is 10.1. The Labute approximate surface area is 124 Å². The minimum atomic E-state index is 0.0726. The lowest BCUT2D eigenvalue weighted by Crippen LogP contribution is -2.48. The van der Waals surface area contributed by atoms with Crippen molar-refractivity contribution in [2.75, 3.05) is 6.54 Å². The lowest BCUT2D eigenvalue weighted by molar-refractivity contribution is 0.0619. The van der Waals surface area contributed by atoms with E-state index < -0.39 is 0 Å². The minimum absolute atomic E-state index is 0.0726. The molecule has 2 aromatic rings. The zero-order valence-electron chi connectivity index (χ0n) is 12.1. The maximum absolute atomic E-state index is 12.7. The molecule has 2 atom stereocenters. The van der Waals surface area contributed by atoms with Crippen LogP contribution in [0.1, 0.15) is 30.1 Å². The lowest BCUT2D eigenvalue weighted by atomic mass is 9.98. The molecule has 5 nitrogen and oxygen atoms in total. The molecule has 1 amide bonds. The highest BCUT2D eigenvalue weighted by Crippen LogP contribution is 2.20. The molecule has 0 spiro atoms. The molecule has 0 unspecified atom stereocenters. The van der Waals surface area contributed by atoms with Gasteiger partial charge in [-0.25, -0.2) is 4.68 Å². The molecule has 2 heterocycles. The Morgan fingerprint density at radius 3 is 2.95 bits per heavy atom. The molecular formula is C16H20N4O. The summed E-state index contributed by atoms with van der Waals surface area (Å²) >= 11 is 0. The van der Waals surface area contributed by atoms with Gasteiger partial charge in [-0.3, -0.25) is 4.79 Å². The maximum Gasteiger partial charge on any atom is 0.254 e. The normalized spacial score (nSPS) is 22.3. The van der Waals surface area contributed by atoms with Gasteiger partial charge in [-0.15, -0.1) is 0 Å². The number of aromatic nitrogens is 2. The van der Waals surface area contributed by atoms with Crippen LogP contribution in [0.25, 0.3) is 5.69 Å². The summed E-state index contributed by atoms with van der Waals surface area (Å²) in [6.45, 7) is 2.79. The van der Waals surface area contributed by atoms with Crippen molar-refractivity contribution < 1.29 is 4.79 Å². The highest BCUT2D eigenvalue weighted by atomic mass is 16.2.